The Morgan fingerprint density at radius 2 is 2.07 bits per heavy atom. The van der Waals surface area contributed by atoms with Gasteiger partial charge in [-0.2, -0.15) is 0 Å². The SMILES string of the molecule is CCOc1cc2c(Nc3ccc(Cl)c(C)c3)ncnc2cc1OCC1CNCCO1. The lowest BCUT2D eigenvalue weighted by molar-refractivity contribution is -0.000322. The van der Waals surface area contributed by atoms with E-state index in [1.807, 2.05) is 44.2 Å². The third-order valence-corrected chi connectivity index (χ3v) is 5.27. The Kier molecular flexibility index (Phi) is 6.52. The molecule has 1 atom stereocenters. The van der Waals surface area contributed by atoms with Crippen LogP contribution in [0.3, 0.4) is 0 Å². The largest absolute Gasteiger partial charge is 0.490 e. The number of halogens is 1. The zero-order valence-electron chi connectivity index (χ0n) is 17.1. The molecule has 1 aliphatic rings. The fraction of sp³-hybridized carbons (Fsp3) is 0.364. The van der Waals surface area contributed by atoms with Gasteiger partial charge >= 0.3 is 0 Å². The Labute approximate surface area is 180 Å². The van der Waals surface area contributed by atoms with Crippen molar-refractivity contribution in [3.63, 3.8) is 0 Å². The second-order valence-electron chi connectivity index (χ2n) is 7.07. The van der Waals surface area contributed by atoms with Gasteiger partial charge in [-0.15, -0.1) is 0 Å². The predicted molar refractivity (Wildman–Crippen MR) is 118 cm³/mol. The Morgan fingerprint density at radius 3 is 2.83 bits per heavy atom. The molecule has 30 heavy (non-hydrogen) atoms. The molecule has 1 saturated heterocycles. The highest BCUT2D eigenvalue weighted by Gasteiger charge is 2.17. The Bertz CT molecular complexity index is 1020. The highest BCUT2D eigenvalue weighted by Crippen LogP contribution is 2.35. The molecule has 158 valence electrons. The molecule has 1 aliphatic heterocycles. The number of anilines is 2. The molecule has 1 unspecified atom stereocenters. The molecule has 2 aromatic carbocycles. The van der Waals surface area contributed by atoms with Crippen molar-refractivity contribution in [3.8, 4) is 11.5 Å². The monoisotopic (exact) mass is 428 g/mol. The summed E-state index contributed by atoms with van der Waals surface area (Å²) in [5, 5.41) is 8.23. The van der Waals surface area contributed by atoms with Crippen molar-refractivity contribution in [2.45, 2.75) is 20.0 Å². The first-order valence-electron chi connectivity index (χ1n) is 10.0. The molecule has 7 nitrogen and oxygen atoms in total. The van der Waals surface area contributed by atoms with E-state index in [2.05, 4.69) is 20.6 Å². The molecule has 4 rings (SSSR count). The number of ether oxygens (including phenoxy) is 3. The number of aryl methyl sites for hydroxylation is 1. The van der Waals surface area contributed by atoms with Gasteiger partial charge in [0.25, 0.3) is 0 Å². The summed E-state index contributed by atoms with van der Waals surface area (Å²) in [5.41, 5.74) is 2.65. The molecule has 2 N–H and O–H groups in total. The molecule has 1 aromatic heterocycles. The predicted octanol–water partition coefficient (Wildman–Crippen LogP) is 4.10. The molecule has 0 bridgehead atoms. The summed E-state index contributed by atoms with van der Waals surface area (Å²) in [6.07, 6.45) is 1.55. The number of rotatable bonds is 7. The van der Waals surface area contributed by atoms with Gasteiger partial charge in [-0.25, -0.2) is 9.97 Å². The van der Waals surface area contributed by atoms with Crippen molar-refractivity contribution in [2.75, 3.05) is 38.2 Å². The van der Waals surface area contributed by atoms with Crippen LogP contribution in [0.15, 0.2) is 36.7 Å². The number of fused-ring (bicyclic) bond motifs is 1. The minimum atomic E-state index is 0.0136. The summed E-state index contributed by atoms with van der Waals surface area (Å²) in [6.45, 7) is 7.21. The van der Waals surface area contributed by atoms with E-state index in [0.29, 0.717) is 37.1 Å². The van der Waals surface area contributed by atoms with E-state index >= 15 is 0 Å². The number of aromatic nitrogens is 2. The van der Waals surface area contributed by atoms with Gasteiger partial charge in [-0.1, -0.05) is 11.6 Å². The van der Waals surface area contributed by atoms with Crippen molar-refractivity contribution >= 4 is 34.0 Å². The van der Waals surface area contributed by atoms with Gasteiger partial charge < -0.3 is 24.8 Å². The summed E-state index contributed by atoms with van der Waals surface area (Å²) in [7, 11) is 0. The molecule has 1 fully saturated rings. The van der Waals surface area contributed by atoms with Gasteiger partial charge in [0.15, 0.2) is 11.5 Å². The van der Waals surface area contributed by atoms with E-state index in [1.54, 1.807) is 0 Å². The van der Waals surface area contributed by atoms with E-state index in [0.717, 1.165) is 40.3 Å². The zero-order valence-corrected chi connectivity index (χ0v) is 17.8. The minimum Gasteiger partial charge on any atom is -0.490 e. The lowest BCUT2D eigenvalue weighted by Crippen LogP contribution is -2.41. The molecule has 0 saturated carbocycles. The molecule has 0 amide bonds. The lowest BCUT2D eigenvalue weighted by atomic mass is 10.2. The van der Waals surface area contributed by atoms with Crippen LogP contribution in [0.4, 0.5) is 11.5 Å². The number of hydrogen-bond donors (Lipinski definition) is 2. The van der Waals surface area contributed by atoms with E-state index in [1.165, 1.54) is 6.33 Å². The van der Waals surface area contributed by atoms with Crippen molar-refractivity contribution in [3.05, 3.63) is 47.2 Å². The maximum atomic E-state index is 6.14. The van der Waals surface area contributed by atoms with Gasteiger partial charge in [-0.05, 0) is 43.7 Å². The maximum absolute atomic E-state index is 6.14. The highest BCUT2D eigenvalue weighted by molar-refractivity contribution is 6.31. The summed E-state index contributed by atoms with van der Waals surface area (Å²) >= 11 is 6.14. The third kappa shape index (κ3) is 4.75. The maximum Gasteiger partial charge on any atom is 0.163 e. The van der Waals surface area contributed by atoms with Gasteiger partial charge in [-0.3, -0.25) is 0 Å². The van der Waals surface area contributed by atoms with E-state index in [4.69, 9.17) is 25.8 Å². The smallest absolute Gasteiger partial charge is 0.163 e. The number of morpholine rings is 1. The van der Waals surface area contributed by atoms with Crippen LogP contribution in [-0.4, -0.2) is 49.0 Å². The fourth-order valence-electron chi connectivity index (χ4n) is 3.31. The normalized spacial score (nSPS) is 16.4. The average molecular weight is 429 g/mol. The molecule has 0 radical (unpaired) electrons. The van der Waals surface area contributed by atoms with E-state index < -0.39 is 0 Å². The van der Waals surface area contributed by atoms with Crippen molar-refractivity contribution in [2.24, 2.45) is 0 Å². The van der Waals surface area contributed by atoms with Crippen LogP contribution in [0.1, 0.15) is 12.5 Å². The van der Waals surface area contributed by atoms with Gasteiger partial charge in [0.05, 0.1) is 18.7 Å². The summed E-state index contributed by atoms with van der Waals surface area (Å²) < 4.78 is 17.6. The van der Waals surface area contributed by atoms with Crippen LogP contribution in [0.25, 0.3) is 10.9 Å². The van der Waals surface area contributed by atoms with Crippen molar-refractivity contribution in [1.29, 1.82) is 0 Å². The summed E-state index contributed by atoms with van der Waals surface area (Å²) in [4.78, 5) is 8.85. The van der Waals surface area contributed by atoms with Crippen LogP contribution in [0, 0.1) is 6.92 Å². The summed E-state index contributed by atoms with van der Waals surface area (Å²) in [5.74, 6) is 1.98. The summed E-state index contributed by atoms with van der Waals surface area (Å²) in [6, 6.07) is 9.57. The number of nitrogens with one attached hydrogen (secondary N) is 2. The Balaban J connectivity index is 1.62. The minimum absolute atomic E-state index is 0.0136. The van der Waals surface area contributed by atoms with Crippen molar-refractivity contribution < 1.29 is 14.2 Å². The average Bonchev–Trinajstić information content (AvgIpc) is 2.76. The third-order valence-electron chi connectivity index (χ3n) is 4.85. The number of nitrogens with zero attached hydrogens (tertiary/aromatic N) is 2. The Morgan fingerprint density at radius 1 is 1.20 bits per heavy atom. The molecule has 3 aromatic rings. The first-order valence-corrected chi connectivity index (χ1v) is 10.4. The number of hydrogen-bond acceptors (Lipinski definition) is 7. The Hall–Kier alpha value is -2.61. The molecule has 2 heterocycles. The second kappa shape index (κ2) is 9.47. The van der Waals surface area contributed by atoms with Crippen LogP contribution in [0.5, 0.6) is 11.5 Å². The quantitative estimate of drug-likeness (QED) is 0.586. The van der Waals surface area contributed by atoms with Gasteiger partial charge in [0.2, 0.25) is 0 Å². The van der Waals surface area contributed by atoms with Crippen LogP contribution >= 0.6 is 11.6 Å². The van der Waals surface area contributed by atoms with Gasteiger partial charge in [0, 0.05) is 35.3 Å². The van der Waals surface area contributed by atoms with Crippen LogP contribution in [0.2, 0.25) is 5.02 Å². The number of benzene rings is 2. The molecular weight excluding hydrogens is 404 g/mol. The van der Waals surface area contributed by atoms with Gasteiger partial charge in [0.1, 0.15) is 24.9 Å². The standard InChI is InChI=1S/C22H25ClN4O3/c1-3-28-20-9-17-19(10-21(20)30-12-16-11-24-6-7-29-16)25-13-26-22(17)27-15-4-5-18(23)14(2)8-15/h4-5,8-10,13,16,24H,3,6-7,11-12H2,1-2H3,(H,25,26,27). The van der Waals surface area contributed by atoms with E-state index in [-0.39, 0.29) is 6.10 Å². The van der Waals surface area contributed by atoms with Crippen LogP contribution in [-0.2, 0) is 4.74 Å². The molecular formula is C22H25ClN4O3. The fourth-order valence-corrected chi connectivity index (χ4v) is 3.43. The zero-order chi connectivity index (χ0) is 20.9. The first kappa shape index (κ1) is 20.7. The second-order valence-corrected chi connectivity index (χ2v) is 7.48. The highest BCUT2D eigenvalue weighted by atomic mass is 35.5. The van der Waals surface area contributed by atoms with E-state index in [9.17, 15) is 0 Å². The van der Waals surface area contributed by atoms with Crippen LogP contribution < -0.4 is 20.1 Å². The molecule has 8 heteroatoms. The first-order chi connectivity index (χ1) is 14.6. The topological polar surface area (TPSA) is 77.5 Å². The molecule has 0 spiro atoms. The molecule has 0 aliphatic carbocycles. The van der Waals surface area contributed by atoms with Crippen molar-refractivity contribution in [1.82, 2.24) is 15.3 Å². The lowest BCUT2D eigenvalue weighted by Gasteiger charge is -2.24.